The molecule has 0 fully saturated rings. The van der Waals surface area contributed by atoms with E-state index >= 15 is 0 Å². The van der Waals surface area contributed by atoms with Crippen LogP contribution in [0.25, 0.3) is 5.69 Å². The summed E-state index contributed by atoms with van der Waals surface area (Å²) in [5, 5.41) is 11.8. The Hall–Kier alpha value is -3.35. The van der Waals surface area contributed by atoms with E-state index < -0.39 is 18.0 Å². The Labute approximate surface area is 210 Å². The van der Waals surface area contributed by atoms with E-state index in [1.807, 2.05) is 0 Å². The lowest BCUT2D eigenvalue weighted by Gasteiger charge is -2.11. The zero-order valence-corrected chi connectivity index (χ0v) is 19.7. The standard InChI is InChI=1S/C21H13Cl2F3N6O2S/c22-15-7-2-12(10-16(15)23)29-19(33)18-17(11-35-20-27-8-1-9-28-20)32(31-30-18)13-3-5-14(6-4-13)34-21(24,25)26/h1-10H,11H2,(H,29,33). The molecular weight excluding hydrogens is 528 g/mol. The molecule has 0 unspecified atom stereocenters. The number of rotatable bonds is 7. The lowest BCUT2D eigenvalue weighted by Crippen LogP contribution is -2.17. The first-order valence-electron chi connectivity index (χ1n) is 9.66. The molecule has 0 spiro atoms. The predicted octanol–water partition coefficient (Wildman–Crippen LogP) is 5.81. The lowest BCUT2D eigenvalue weighted by molar-refractivity contribution is -0.274. The maximum atomic E-state index is 13.0. The largest absolute Gasteiger partial charge is 0.573 e. The molecule has 0 aliphatic rings. The number of nitrogens with one attached hydrogen (secondary N) is 1. The number of aromatic nitrogens is 5. The molecule has 2 aromatic carbocycles. The van der Waals surface area contributed by atoms with Gasteiger partial charge >= 0.3 is 6.36 Å². The van der Waals surface area contributed by atoms with Gasteiger partial charge in [0.05, 0.1) is 21.4 Å². The number of thioether (sulfide) groups is 1. The monoisotopic (exact) mass is 540 g/mol. The maximum absolute atomic E-state index is 13.0. The maximum Gasteiger partial charge on any atom is 0.573 e. The second-order valence-corrected chi connectivity index (χ2v) is 8.50. The van der Waals surface area contributed by atoms with E-state index in [4.69, 9.17) is 23.2 Å². The summed E-state index contributed by atoms with van der Waals surface area (Å²) in [5.74, 6) is -0.786. The summed E-state index contributed by atoms with van der Waals surface area (Å²) >= 11 is 13.2. The molecule has 1 amide bonds. The summed E-state index contributed by atoms with van der Waals surface area (Å²) < 4.78 is 42.7. The molecule has 0 saturated carbocycles. The van der Waals surface area contributed by atoms with Gasteiger partial charge in [-0.1, -0.05) is 40.2 Å². The second kappa shape index (κ2) is 10.5. The van der Waals surface area contributed by atoms with Gasteiger partial charge in [-0.15, -0.1) is 18.3 Å². The Morgan fingerprint density at radius 2 is 1.77 bits per heavy atom. The number of hydrogen-bond donors (Lipinski definition) is 1. The van der Waals surface area contributed by atoms with Crippen LogP contribution in [-0.4, -0.2) is 37.2 Å². The van der Waals surface area contributed by atoms with E-state index in [0.717, 1.165) is 12.1 Å². The van der Waals surface area contributed by atoms with Gasteiger partial charge in [0.1, 0.15) is 5.75 Å². The first kappa shape index (κ1) is 24.8. The molecule has 0 bridgehead atoms. The minimum Gasteiger partial charge on any atom is -0.406 e. The summed E-state index contributed by atoms with van der Waals surface area (Å²) in [4.78, 5) is 21.3. The molecule has 0 saturated heterocycles. The van der Waals surface area contributed by atoms with Crippen LogP contribution >= 0.6 is 35.0 Å². The number of halogens is 5. The van der Waals surface area contributed by atoms with E-state index in [1.165, 1.54) is 40.7 Å². The molecular formula is C21H13Cl2F3N6O2S. The average Bonchev–Trinajstić information content (AvgIpc) is 3.24. The van der Waals surface area contributed by atoms with Gasteiger partial charge in [0.25, 0.3) is 5.91 Å². The van der Waals surface area contributed by atoms with Crippen molar-refractivity contribution in [2.75, 3.05) is 5.32 Å². The Bertz CT molecular complexity index is 1340. The summed E-state index contributed by atoms with van der Waals surface area (Å²) in [5.41, 5.74) is 1.11. The van der Waals surface area contributed by atoms with Gasteiger partial charge < -0.3 is 10.1 Å². The summed E-state index contributed by atoms with van der Waals surface area (Å²) in [6.45, 7) is 0. The second-order valence-electron chi connectivity index (χ2n) is 6.74. The number of anilines is 1. The normalized spacial score (nSPS) is 11.3. The van der Waals surface area contributed by atoms with Crippen molar-refractivity contribution in [1.29, 1.82) is 0 Å². The number of hydrogen-bond acceptors (Lipinski definition) is 7. The highest BCUT2D eigenvalue weighted by Gasteiger charge is 2.31. The van der Waals surface area contributed by atoms with Crippen LogP contribution in [0, 0.1) is 0 Å². The minimum absolute atomic E-state index is 0.00452. The van der Waals surface area contributed by atoms with Crippen molar-refractivity contribution in [2.24, 2.45) is 0 Å². The van der Waals surface area contributed by atoms with Gasteiger partial charge in [-0.05, 0) is 48.5 Å². The van der Waals surface area contributed by atoms with E-state index in [1.54, 1.807) is 24.5 Å². The van der Waals surface area contributed by atoms with Crippen molar-refractivity contribution in [3.05, 3.63) is 82.4 Å². The van der Waals surface area contributed by atoms with Crippen molar-refractivity contribution in [3.63, 3.8) is 0 Å². The molecule has 2 aromatic heterocycles. The molecule has 4 rings (SSSR count). The molecule has 1 N–H and O–H groups in total. The minimum atomic E-state index is -4.82. The highest BCUT2D eigenvalue weighted by atomic mass is 35.5. The smallest absolute Gasteiger partial charge is 0.406 e. The Morgan fingerprint density at radius 3 is 2.43 bits per heavy atom. The van der Waals surface area contributed by atoms with E-state index in [9.17, 15) is 18.0 Å². The molecule has 0 aliphatic carbocycles. The quantitative estimate of drug-likeness (QED) is 0.233. The number of carbonyl (C=O) groups is 1. The number of alkyl halides is 3. The van der Waals surface area contributed by atoms with Crippen molar-refractivity contribution < 1.29 is 22.7 Å². The Balaban J connectivity index is 1.64. The van der Waals surface area contributed by atoms with Gasteiger partial charge in [0, 0.05) is 23.8 Å². The zero-order valence-electron chi connectivity index (χ0n) is 17.3. The van der Waals surface area contributed by atoms with Crippen molar-refractivity contribution >= 4 is 46.6 Å². The molecule has 8 nitrogen and oxygen atoms in total. The number of ether oxygens (including phenoxy) is 1. The first-order chi connectivity index (χ1) is 16.7. The van der Waals surface area contributed by atoms with E-state index in [2.05, 4.69) is 30.3 Å². The van der Waals surface area contributed by atoms with Crippen LogP contribution in [0.15, 0.2) is 66.1 Å². The summed E-state index contributed by atoms with van der Waals surface area (Å²) in [7, 11) is 0. The average molecular weight is 541 g/mol. The fraction of sp³-hybridized carbons (Fsp3) is 0.0952. The van der Waals surface area contributed by atoms with Crippen LogP contribution in [-0.2, 0) is 5.75 Å². The van der Waals surface area contributed by atoms with Crippen LogP contribution in [0.2, 0.25) is 10.0 Å². The van der Waals surface area contributed by atoms with Gasteiger partial charge in [-0.25, -0.2) is 14.6 Å². The highest BCUT2D eigenvalue weighted by molar-refractivity contribution is 7.98. The fourth-order valence-corrected chi connectivity index (χ4v) is 3.95. The van der Waals surface area contributed by atoms with Crippen LogP contribution in [0.4, 0.5) is 18.9 Å². The topological polar surface area (TPSA) is 94.8 Å². The van der Waals surface area contributed by atoms with Crippen LogP contribution < -0.4 is 10.1 Å². The third-order valence-electron chi connectivity index (χ3n) is 4.35. The molecule has 35 heavy (non-hydrogen) atoms. The highest BCUT2D eigenvalue weighted by Crippen LogP contribution is 2.28. The third kappa shape index (κ3) is 6.41. The lowest BCUT2D eigenvalue weighted by atomic mass is 10.2. The fourth-order valence-electron chi connectivity index (χ4n) is 2.86. The number of carbonyl (C=O) groups excluding carboxylic acids is 1. The first-order valence-corrected chi connectivity index (χ1v) is 11.4. The van der Waals surface area contributed by atoms with E-state index in [0.29, 0.717) is 27.2 Å². The molecule has 2 heterocycles. The molecule has 4 aromatic rings. The number of amides is 1. The molecule has 0 radical (unpaired) electrons. The molecule has 180 valence electrons. The van der Waals surface area contributed by atoms with Crippen molar-refractivity contribution in [3.8, 4) is 11.4 Å². The Morgan fingerprint density at radius 1 is 1.06 bits per heavy atom. The van der Waals surface area contributed by atoms with Crippen LogP contribution in [0.3, 0.4) is 0 Å². The Kier molecular flexibility index (Phi) is 7.43. The van der Waals surface area contributed by atoms with Gasteiger partial charge in [-0.2, -0.15) is 0 Å². The zero-order chi connectivity index (χ0) is 25.0. The van der Waals surface area contributed by atoms with Crippen LogP contribution in [0.5, 0.6) is 5.75 Å². The van der Waals surface area contributed by atoms with Gasteiger partial charge in [0.2, 0.25) is 0 Å². The number of nitrogens with zero attached hydrogens (tertiary/aromatic N) is 5. The van der Waals surface area contributed by atoms with Gasteiger partial charge in [-0.3, -0.25) is 4.79 Å². The van der Waals surface area contributed by atoms with Crippen molar-refractivity contribution in [1.82, 2.24) is 25.0 Å². The molecule has 14 heteroatoms. The third-order valence-corrected chi connectivity index (χ3v) is 5.98. The van der Waals surface area contributed by atoms with Crippen molar-refractivity contribution in [2.45, 2.75) is 17.3 Å². The molecule has 0 aliphatic heterocycles. The predicted molar refractivity (Wildman–Crippen MR) is 124 cm³/mol. The van der Waals surface area contributed by atoms with Crippen LogP contribution in [0.1, 0.15) is 16.2 Å². The summed E-state index contributed by atoms with van der Waals surface area (Å²) in [6, 6.07) is 11.3. The SMILES string of the molecule is O=C(Nc1ccc(Cl)c(Cl)c1)c1nnn(-c2ccc(OC(F)(F)F)cc2)c1CSc1ncccn1. The summed E-state index contributed by atoms with van der Waals surface area (Å²) in [6.07, 6.45) is -1.67. The molecule has 0 atom stereocenters. The number of benzene rings is 2. The van der Waals surface area contributed by atoms with Gasteiger partial charge in [0.15, 0.2) is 10.9 Å². The van der Waals surface area contributed by atoms with E-state index in [-0.39, 0.29) is 16.5 Å².